The third-order valence-electron chi connectivity index (χ3n) is 7.25. The van der Waals surface area contributed by atoms with E-state index in [2.05, 4.69) is 111 Å². The number of benzene rings is 5. The van der Waals surface area contributed by atoms with Crippen molar-refractivity contribution in [3.8, 4) is 22.3 Å². The maximum Gasteiger partial charge on any atom is 0.0355 e. The Hall–Kier alpha value is -3.42. The lowest BCUT2D eigenvalue weighted by molar-refractivity contribution is 0.666. The highest BCUT2D eigenvalue weighted by Crippen LogP contribution is 2.51. The molecule has 0 nitrogen and oxygen atoms in total. The summed E-state index contributed by atoms with van der Waals surface area (Å²) < 4.78 is 2.71. The fourth-order valence-electron chi connectivity index (χ4n) is 5.71. The molecule has 1 aliphatic carbocycles. The van der Waals surface area contributed by atoms with Crippen molar-refractivity contribution in [2.75, 3.05) is 0 Å². The molecule has 152 valence electrons. The summed E-state index contributed by atoms with van der Waals surface area (Å²) in [6.07, 6.45) is 0. The average molecular weight is 427 g/mol. The highest BCUT2D eigenvalue weighted by Gasteiger charge is 2.36. The number of thiophene rings is 1. The van der Waals surface area contributed by atoms with E-state index in [4.69, 9.17) is 0 Å². The molecule has 0 amide bonds. The molecule has 0 saturated carbocycles. The van der Waals surface area contributed by atoms with Gasteiger partial charge in [-0.2, -0.15) is 0 Å². The van der Waals surface area contributed by atoms with Gasteiger partial charge in [-0.3, -0.25) is 0 Å². The molecule has 7 rings (SSSR count). The van der Waals surface area contributed by atoms with Gasteiger partial charge in [0.2, 0.25) is 0 Å². The topological polar surface area (TPSA) is 0 Å². The van der Waals surface area contributed by atoms with Crippen LogP contribution in [0.1, 0.15) is 25.0 Å². The number of hydrogen-bond donors (Lipinski definition) is 0. The van der Waals surface area contributed by atoms with Gasteiger partial charge in [-0.1, -0.05) is 86.6 Å². The first-order valence-corrected chi connectivity index (χ1v) is 12.0. The molecule has 0 bridgehead atoms. The van der Waals surface area contributed by atoms with Crippen LogP contribution in [0.15, 0.2) is 97.1 Å². The largest absolute Gasteiger partial charge is 0.135 e. The summed E-state index contributed by atoms with van der Waals surface area (Å²) in [5, 5.41) is 5.40. The molecule has 0 radical (unpaired) electrons. The van der Waals surface area contributed by atoms with Crippen LogP contribution in [0.25, 0.3) is 53.2 Å². The van der Waals surface area contributed by atoms with Crippen LogP contribution >= 0.6 is 11.3 Å². The maximum atomic E-state index is 2.37. The smallest absolute Gasteiger partial charge is 0.0355 e. The molecule has 32 heavy (non-hydrogen) atoms. The zero-order valence-electron chi connectivity index (χ0n) is 18.1. The molecular formula is C31H22S. The van der Waals surface area contributed by atoms with E-state index in [1.165, 1.54) is 64.3 Å². The predicted molar refractivity (Wildman–Crippen MR) is 140 cm³/mol. The van der Waals surface area contributed by atoms with E-state index in [0.717, 1.165) is 0 Å². The van der Waals surface area contributed by atoms with Crippen LogP contribution in [0.2, 0.25) is 0 Å². The molecule has 1 heterocycles. The van der Waals surface area contributed by atoms with Gasteiger partial charge in [0.25, 0.3) is 0 Å². The third kappa shape index (κ3) is 2.37. The second-order valence-electron chi connectivity index (χ2n) is 9.40. The molecule has 1 aliphatic rings. The Morgan fingerprint density at radius 1 is 0.562 bits per heavy atom. The standard InChI is InChI=1S/C31H22S/c1-31(2)27-9-5-3-7-23(27)25-15-12-21-17-19(11-14-22(21)30(25)31)20-13-16-29-26(18-20)24-8-4-6-10-28(24)32-29/h3-18H,1-2H3. The van der Waals surface area contributed by atoms with Gasteiger partial charge >= 0.3 is 0 Å². The Morgan fingerprint density at radius 3 is 2.25 bits per heavy atom. The molecule has 0 fully saturated rings. The second kappa shape index (κ2) is 6.31. The third-order valence-corrected chi connectivity index (χ3v) is 8.40. The molecule has 1 heteroatoms. The van der Waals surface area contributed by atoms with Crippen molar-refractivity contribution >= 4 is 42.3 Å². The van der Waals surface area contributed by atoms with Gasteiger partial charge in [0, 0.05) is 25.6 Å². The highest BCUT2D eigenvalue weighted by atomic mass is 32.1. The SMILES string of the molecule is CC1(C)c2ccccc2-c2ccc3cc(-c4ccc5sc6ccccc6c5c4)ccc3c21. The molecule has 5 aromatic carbocycles. The molecule has 0 atom stereocenters. The van der Waals surface area contributed by atoms with Crippen LogP contribution in [0, 0.1) is 0 Å². The Bertz CT molecular complexity index is 1700. The summed E-state index contributed by atoms with van der Waals surface area (Å²) in [6, 6.07) is 36.1. The van der Waals surface area contributed by atoms with E-state index in [0.29, 0.717) is 0 Å². The van der Waals surface area contributed by atoms with Crippen molar-refractivity contribution in [1.29, 1.82) is 0 Å². The lowest BCUT2D eigenvalue weighted by Gasteiger charge is -2.23. The van der Waals surface area contributed by atoms with Gasteiger partial charge in [-0.25, -0.2) is 0 Å². The van der Waals surface area contributed by atoms with Crippen molar-refractivity contribution < 1.29 is 0 Å². The van der Waals surface area contributed by atoms with Gasteiger partial charge in [-0.15, -0.1) is 11.3 Å². The van der Waals surface area contributed by atoms with Gasteiger partial charge in [0.15, 0.2) is 0 Å². The average Bonchev–Trinajstić information content (AvgIpc) is 3.31. The van der Waals surface area contributed by atoms with Crippen molar-refractivity contribution in [2.45, 2.75) is 19.3 Å². The van der Waals surface area contributed by atoms with Gasteiger partial charge in [-0.05, 0) is 68.4 Å². The van der Waals surface area contributed by atoms with E-state index in [1.54, 1.807) is 0 Å². The summed E-state index contributed by atoms with van der Waals surface area (Å²) in [5.74, 6) is 0. The van der Waals surface area contributed by atoms with E-state index in [9.17, 15) is 0 Å². The van der Waals surface area contributed by atoms with Crippen molar-refractivity contribution in [3.05, 3.63) is 108 Å². The lowest BCUT2D eigenvalue weighted by atomic mass is 9.80. The van der Waals surface area contributed by atoms with E-state index >= 15 is 0 Å². The van der Waals surface area contributed by atoms with Crippen LogP contribution in [-0.4, -0.2) is 0 Å². The van der Waals surface area contributed by atoms with Crippen LogP contribution in [-0.2, 0) is 5.41 Å². The van der Waals surface area contributed by atoms with Gasteiger partial charge in [0.05, 0.1) is 0 Å². The van der Waals surface area contributed by atoms with E-state index in [-0.39, 0.29) is 5.41 Å². The summed E-state index contributed by atoms with van der Waals surface area (Å²) in [7, 11) is 0. The molecule has 6 aromatic rings. The quantitative estimate of drug-likeness (QED) is 0.246. The van der Waals surface area contributed by atoms with E-state index in [1.807, 2.05) is 11.3 Å². The Morgan fingerprint density at radius 2 is 1.31 bits per heavy atom. The maximum absolute atomic E-state index is 2.37. The zero-order chi connectivity index (χ0) is 21.4. The lowest BCUT2D eigenvalue weighted by Crippen LogP contribution is -2.15. The Balaban J connectivity index is 1.42. The van der Waals surface area contributed by atoms with Crippen molar-refractivity contribution in [3.63, 3.8) is 0 Å². The van der Waals surface area contributed by atoms with Gasteiger partial charge in [0.1, 0.15) is 0 Å². The molecule has 0 saturated heterocycles. The van der Waals surface area contributed by atoms with Crippen LogP contribution in [0.3, 0.4) is 0 Å². The molecule has 0 N–H and O–H groups in total. The molecule has 0 unspecified atom stereocenters. The summed E-state index contributed by atoms with van der Waals surface area (Å²) in [4.78, 5) is 0. The zero-order valence-corrected chi connectivity index (χ0v) is 19.0. The monoisotopic (exact) mass is 426 g/mol. The van der Waals surface area contributed by atoms with E-state index < -0.39 is 0 Å². The normalized spacial score (nSPS) is 14.2. The van der Waals surface area contributed by atoms with Crippen molar-refractivity contribution in [1.82, 2.24) is 0 Å². The summed E-state index contributed by atoms with van der Waals surface area (Å²) >= 11 is 1.88. The second-order valence-corrected chi connectivity index (χ2v) is 10.5. The Kier molecular flexibility index (Phi) is 3.58. The minimum absolute atomic E-state index is 0.0153. The minimum atomic E-state index is 0.0153. The first-order chi connectivity index (χ1) is 15.6. The first-order valence-electron chi connectivity index (χ1n) is 11.2. The number of rotatable bonds is 1. The molecule has 0 spiro atoms. The van der Waals surface area contributed by atoms with Crippen molar-refractivity contribution in [2.24, 2.45) is 0 Å². The molecule has 1 aromatic heterocycles. The fraction of sp³-hybridized carbons (Fsp3) is 0.0968. The predicted octanol–water partition coefficient (Wildman–Crippen LogP) is 9.18. The Labute approximate surface area is 191 Å². The first kappa shape index (κ1) is 18.2. The van der Waals surface area contributed by atoms with Gasteiger partial charge < -0.3 is 0 Å². The molecule has 0 aliphatic heterocycles. The van der Waals surface area contributed by atoms with Crippen LogP contribution in [0.4, 0.5) is 0 Å². The summed E-state index contributed by atoms with van der Waals surface area (Å²) in [6.45, 7) is 4.72. The van der Waals surface area contributed by atoms with Crippen LogP contribution in [0.5, 0.6) is 0 Å². The highest BCUT2D eigenvalue weighted by molar-refractivity contribution is 7.25. The molecular weight excluding hydrogens is 404 g/mol. The number of fused-ring (bicyclic) bond motifs is 8. The fourth-order valence-corrected chi connectivity index (χ4v) is 6.80. The summed E-state index contributed by atoms with van der Waals surface area (Å²) in [5.41, 5.74) is 8.24. The number of hydrogen-bond acceptors (Lipinski definition) is 1. The van der Waals surface area contributed by atoms with Crippen LogP contribution < -0.4 is 0 Å². The minimum Gasteiger partial charge on any atom is -0.135 e.